The monoisotopic (exact) mass is 972 g/mol. The number of nitrogens with zero attached hydrogens (tertiary/aromatic N) is 3. The van der Waals surface area contributed by atoms with Gasteiger partial charge in [-0.3, -0.25) is 0 Å². The lowest BCUT2D eigenvalue weighted by molar-refractivity contribution is 0.281. The van der Waals surface area contributed by atoms with Crippen molar-refractivity contribution in [3.63, 3.8) is 0 Å². The molecule has 75 heavy (non-hydrogen) atoms. The number of anilines is 8. The van der Waals surface area contributed by atoms with Crippen LogP contribution < -0.4 is 31.1 Å². The molecular weight excluding hydrogens is 906 g/mol. The first-order valence-electron chi connectivity index (χ1n) is 27.5. The highest BCUT2D eigenvalue weighted by molar-refractivity contribution is 7.00. The van der Waals surface area contributed by atoms with Gasteiger partial charge >= 0.3 is 0 Å². The van der Waals surface area contributed by atoms with Crippen LogP contribution in [-0.2, 0) is 34.5 Å². The molecule has 0 saturated carbocycles. The third-order valence-electron chi connectivity index (χ3n) is 18.8. The molecule has 0 spiro atoms. The second kappa shape index (κ2) is 16.2. The summed E-state index contributed by atoms with van der Waals surface area (Å²) in [5, 5.41) is 0. The molecule has 2 aliphatic carbocycles. The van der Waals surface area contributed by atoms with E-state index in [0.29, 0.717) is 0 Å². The van der Waals surface area contributed by atoms with Gasteiger partial charge in [0.25, 0.3) is 6.71 Å². The number of hydrogen-bond donors (Lipinski definition) is 0. The first-order chi connectivity index (χ1) is 36.2. The molecule has 9 aromatic carbocycles. The molecular formula is C71H66BN3. The molecule has 4 heteroatoms. The fourth-order valence-electron chi connectivity index (χ4n) is 14.8. The highest BCUT2D eigenvalue weighted by atomic mass is 15.3. The van der Waals surface area contributed by atoms with Gasteiger partial charge < -0.3 is 14.7 Å². The first-order valence-corrected chi connectivity index (χ1v) is 27.5. The summed E-state index contributed by atoms with van der Waals surface area (Å²) in [6.45, 7) is 19.5. The summed E-state index contributed by atoms with van der Waals surface area (Å²) in [6, 6.07) is 79.7. The topological polar surface area (TPSA) is 9.72 Å². The van der Waals surface area contributed by atoms with E-state index < -0.39 is 5.54 Å². The Kier molecular flexibility index (Phi) is 9.95. The minimum atomic E-state index is -0.396. The molecule has 3 nitrogen and oxygen atoms in total. The summed E-state index contributed by atoms with van der Waals surface area (Å²) in [6.07, 6.45) is 4.10. The van der Waals surface area contributed by atoms with E-state index in [9.17, 15) is 0 Å². The van der Waals surface area contributed by atoms with Crippen LogP contribution in [0.4, 0.5) is 45.5 Å². The van der Waals surface area contributed by atoms with Crippen LogP contribution in [0.15, 0.2) is 206 Å². The second-order valence-corrected chi connectivity index (χ2v) is 25.0. The van der Waals surface area contributed by atoms with Gasteiger partial charge in [-0.15, -0.1) is 0 Å². The van der Waals surface area contributed by atoms with Gasteiger partial charge in [-0.1, -0.05) is 200 Å². The zero-order chi connectivity index (χ0) is 51.2. The molecule has 0 bridgehead atoms. The number of rotatable bonds is 5. The van der Waals surface area contributed by atoms with Crippen molar-refractivity contribution in [1.82, 2.24) is 0 Å². The van der Waals surface area contributed by atoms with Crippen molar-refractivity contribution >= 4 is 68.6 Å². The standard InChI is InChI=1S/C71H66BN3/c1-67(2,3)51-36-37-60(54(40-51)47-24-12-9-13-25-47)74-63-44-57-56(68(4,5)38-39-69(57,6)7)43-59(63)72-58-33-21-23-35-62(58)73(52-30-16-11-17-31-52)64-41-53(42-65(74)66(64)72)75-61-34-22-20-32-55(61)71(50-28-14-10-15-29-50)46-49-27-19-18-26-48(49)45-70(71,75)8/h9-37,40-44H,38-39,45-46H2,1-8H3. The van der Waals surface area contributed by atoms with Crippen molar-refractivity contribution in [1.29, 1.82) is 0 Å². The highest BCUT2D eigenvalue weighted by Crippen LogP contribution is 2.63. The van der Waals surface area contributed by atoms with E-state index in [1.54, 1.807) is 0 Å². The zero-order valence-electron chi connectivity index (χ0n) is 44.9. The molecule has 0 aromatic heterocycles. The Balaban J connectivity index is 1.14. The maximum absolute atomic E-state index is 2.80. The highest BCUT2D eigenvalue weighted by Gasteiger charge is 2.62. The van der Waals surface area contributed by atoms with Crippen molar-refractivity contribution < 1.29 is 0 Å². The van der Waals surface area contributed by atoms with Crippen molar-refractivity contribution in [3.8, 4) is 11.1 Å². The smallest absolute Gasteiger partial charge is 0.252 e. The van der Waals surface area contributed by atoms with E-state index in [2.05, 4.69) is 276 Å². The van der Waals surface area contributed by atoms with Gasteiger partial charge in [0, 0.05) is 50.8 Å². The molecule has 9 aromatic rings. The van der Waals surface area contributed by atoms with Crippen molar-refractivity contribution in [2.24, 2.45) is 0 Å². The van der Waals surface area contributed by atoms with E-state index in [1.165, 1.54) is 106 Å². The van der Waals surface area contributed by atoms with Gasteiger partial charge in [-0.05, 0) is 164 Å². The molecule has 0 radical (unpaired) electrons. The summed E-state index contributed by atoms with van der Waals surface area (Å²) in [4.78, 5) is 8.12. The number of fused-ring (bicyclic) bond motifs is 9. The molecule has 3 heterocycles. The normalized spacial score (nSPS) is 20.3. The minimum absolute atomic E-state index is 0.00231. The molecule has 2 atom stereocenters. The maximum Gasteiger partial charge on any atom is 0.252 e. The fourth-order valence-corrected chi connectivity index (χ4v) is 14.8. The molecule has 2 unspecified atom stereocenters. The quantitative estimate of drug-likeness (QED) is 0.159. The Morgan fingerprint density at radius 2 is 1.00 bits per heavy atom. The summed E-state index contributed by atoms with van der Waals surface area (Å²) in [7, 11) is 0. The van der Waals surface area contributed by atoms with Crippen LogP contribution in [0.2, 0.25) is 0 Å². The lowest BCUT2D eigenvalue weighted by Crippen LogP contribution is -2.62. The van der Waals surface area contributed by atoms with Crippen LogP contribution in [-0.4, -0.2) is 12.3 Å². The molecule has 5 aliphatic rings. The van der Waals surface area contributed by atoms with Gasteiger partial charge in [-0.25, -0.2) is 0 Å². The Labute approximate surface area is 445 Å². The summed E-state index contributed by atoms with van der Waals surface area (Å²) < 4.78 is 0. The largest absolute Gasteiger partial charge is 0.334 e. The average Bonchev–Trinajstić information content (AvgIpc) is 3.87. The van der Waals surface area contributed by atoms with Crippen LogP contribution in [0.25, 0.3) is 11.1 Å². The Morgan fingerprint density at radius 3 is 1.69 bits per heavy atom. The minimum Gasteiger partial charge on any atom is -0.334 e. The van der Waals surface area contributed by atoms with E-state index >= 15 is 0 Å². The van der Waals surface area contributed by atoms with E-state index in [4.69, 9.17) is 0 Å². The SMILES string of the molecule is CC(C)(C)c1ccc(N2c3cc4c(cc3B3c5ccccc5N(c5ccccc5)c5cc(N6c7ccccc7C7(c8ccccc8)Cc8ccccc8CC67C)cc2c53)C(C)(C)CCC4(C)C)c(-c2ccccc2)c1. The van der Waals surface area contributed by atoms with Crippen molar-refractivity contribution in [2.45, 2.75) is 108 Å². The van der Waals surface area contributed by atoms with Gasteiger partial charge in [0.15, 0.2) is 0 Å². The van der Waals surface area contributed by atoms with Gasteiger partial charge in [0.05, 0.1) is 11.2 Å². The summed E-state index contributed by atoms with van der Waals surface area (Å²) in [5.74, 6) is 0. The molecule has 0 fully saturated rings. The third-order valence-corrected chi connectivity index (χ3v) is 18.8. The summed E-state index contributed by atoms with van der Waals surface area (Å²) >= 11 is 0. The van der Waals surface area contributed by atoms with Crippen LogP contribution >= 0.6 is 0 Å². The zero-order valence-corrected chi connectivity index (χ0v) is 44.9. The molecule has 0 N–H and O–H groups in total. The Morgan fingerprint density at radius 1 is 0.427 bits per heavy atom. The number of hydrogen-bond acceptors (Lipinski definition) is 3. The Bertz CT molecular complexity index is 3760. The molecule has 0 saturated heterocycles. The number of benzene rings is 9. The van der Waals surface area contributed by atoms with Crippen molar-refractivity contribution in [3.05, 3.63) is 245 Å². The van der Waals surface area contributed by atoms with Crippen LogP contribution in [0.1, 0.15) is 107 Å². The lowest BCUT2D eigenvalue weighted by Gasteiger charge is -2.53. The van der Waals surface area contributed by atoms with Gasteiger partial charge in [0.1, 0.15) is 0 Å². The van der Waals surface area contributed by atoms with Gasteiger partial charge in [0.2, 0.25) is 0 Å². The molecule has 0 amide bonds. The van der Waals surface area contributed by atoms with E-state index in [1.807, 2.05) is 0 Å². The van der Waals surface area contributed by atoms with Crippen LogP contribution in [0.3, 0.4) is 0 Å². The van der Waals surface area contributed by atoms with E-state index in [0.717, 1.165) is 31.4 Å². The third kappa shape index (κ3) is 6.60. The predicted molar refractivity (Wildman–Crippen MR) is 318 cm³/mol. The lowest BCUT2D eigenvalue weighted by atomic mass is 9.33. The summed E-state index contributed by atoms with van der Waals surface area (Å²) in [5.41, 5.74) is 25.5. The van der Waals surface area contributed by atoms with Crippen LogP contribution in [0, 0.1) is 0 Å². The van der Waals surface area contributed by atoms with Gasteiger partial charge in [-0.2, -0.15) is 0 Å². The average molecular weight is 972 g/mol. The first kappa shape index (κ1) is 46.0. The fraction of sp³-hybridized carbons (Fsp3) is 0.239. The predicted octanol–water partition coefficient (Wildman–Crippen LogP) is 16.1. The van der Waals surface area contributed by atoms with Crippen molar-refractivity contribution in [2.75, 3.05) is 14.7 Å². The second-order valence-electron chi connectivity index (χ2n) is 25.0. The Hall–Kier alpha value is -7.56. The maximum atomic E-state index is 2.80. The molecule has 3 aliphatic heterocycles. The molecule has 14 rings (SSSR count). The van der Waals surface area contributed by atoms with E-state index in [-0.39, 0.29) is 28.4 Å². The number of para-hydroxylation sites is 3. The van der Waals surface area contributed by atoms with Crippen LogP contribution in [0.5, 0.6) is 0 Å². The molecule has 368 valence electrons.